The number of hydrogen-bond acceptors (Lipinski definition) is 6. The van der Waals surface area contributed by atoms with Crippen molar-refractivity contribution in [1.29, 1.82) is 0 Å². The largest absolute Gasteiger partial charge is 0.470 e. The third-order valence-corrected chi connectivity index (χ3v) is 5.45. The minimum absolute atomic E-state index is 0.0521. The van der Waals surface area contributed by atoms with Gasteiger partial charge in [0.25, 0.3) is 0 Å². The van der Waals surface area contributed by atoms with Gasteiger partial charge < -0.3 is 20.5 Å². The third kappa shape index (κ3) is 4.57. The van der Waals surface area contributed by atoms with Crippen molar-refractivity contribution < 1.29 is 14.3 Å². The highest BCUT2D eigenvalue weighted by Crippen LogP contribution is 2.39. The highest BCUT2D eigenvalue weighted by atomic mass is 16.5. The Morgan fingerprint density at radius 1 is 1.32 bits per heavy atom. The number of nitrogens with one attached hydrogen (secondary N) is 1. The van der Waals surface area contributed by atoms with E-state index < -0.39 is 0 Å². The van der Waals surface area contributed by atoms with Crippen LogP contribution in [0, 0.1) is 6.92 Å². The Hall–Kier alpha value is -1.50. The summed E-state index contributed by atoms with van der Waals surface area (Å²) < 4.78 is 11.7. The molecular formula is C19H29N3O3. The second-order valence-corrected chi connectivity index (χ2v) is 7.14. The van der Waals surface area contributed by atoms with Crippen molar-refractivity contribution in [3.8, 4) is 5.88 Å². The first-order valence-electron chi connectivity index (χ1n) is 9.31. The van der Waals surface area contributed by atoms with E-state index in [0.29, 0.717) is 30.6 Å². The summed E-state index contributed by atoms with van der Waals surface area (Å²) in [6, 6.07) is 2.52. The molecule has 1 aliphatic heterocycles. The number of aldehydes is 1. The van der Waals surface area contributed by atoms with Gasteiger partial charge in [0.15, 0.2) is 6.29 Å². The van der Waals surface area contributed by atoms with Crippen LogP contribution in [0.5, 0.6) is 5.88 Å². The van der Waals surface area contributed by atoms with Crippen molar-refractivity contribution in [2.24, 2.45) is 5.73 Å². The molecule has 2 aliphatic rings. The molecule has 138 valence electrons. The van der Waals surface area contributed by atoms with Crippen LogP contribution in [0.15, 0.2) is 12.3 Å². The van der Waals surface area contributed by atoms with Crippen LogP contribution < -0.4 is 15.8 Å². The monoisotopic (exact) mass is 347 g/mol. The lowest BCUT2D eigenvalue weighted by atomic mass is 9.81. The van der Waals surface area contributed by atoms with E-state index in [-0.39, 0.29) is 12.6 Å². The standard InChI is InChI=1S/C19H29N3O3/c1-13-6-8-22-19(24-11-10-23)18(13)14-2-4-15(5-3-14)25-12-17-16(20)7-9-21-17/h6,8,10,14-17,21H,2-5,7,9,11-12,20H2,1H3. The van der Waals surface area contributed by atoms with Crippen molar-refractivity contribution in [3.63, 3.8) is 0 Å². The van der Waals surface area contributed by atoms with Gasteiger partial charge in [-0.2, -0.15) is 0 Å². The maximum Gasteiger partial charge on any atom is 0.217 e. The summed E-state index contributed by atoms with van der Waals surface area (Å²) >= 11 is 0. The smallest absolute Gasteiger partial charge is 0.217 e. The maximum absolute atomic E-state index is 10.6. The zero-order chi connectivity index (χ0) is 17.6. The molecular weight excluding hydrogens is 318 g/mol. The number of hydrogen-bond donors (Lipinski definition) is 2. The fourth-order valence-electron chi connectivity index (χ4n) is 4.00. The Balaban J connectivity index is 1.54. The number of carbonyl (C=O) groups is 1. The zero-order valence-electron chi connectivity index (χ0n) is 14.9. The molecule has 0 aromatic carbocycles. The molecule has 2 fully saturated rings. The van der Waals surface area contributed by atoms with Crippen LogP contribution >= 0.6 is 0 Å². The molecule has 1 aromatic heterocycles. The molecule has 2 atom stereocenters. The molecule has 3 rings (SSSR count). The fraction of sp³-hybridized carbons (Fsp3) is 0.684. The highest BCUT2D eigenvalue weighted by molar-refractivity contribution is 5.51. The van der Waals surface area contributed by atoms with E-state index in [1.54, 1.807) is 6.20 Å². The first kappa shape index (κ1) is 18.3. The summed E-state index contributed by atoms with van der Waals surface area (Å²) in [7, 11) is 0. The molecule has 0 spiro atoms. The number of rotatable bonds is 7. The molecule has 25 heavy (non-hydrogen) atoms. The minimum atomic E-state index is 0.0521. The summed E-state index contributed by atoms with van der Waals surface area (Å²) in [6.07, 6.45) is 8.03. The van der Waals surface area contributed by atoms with Gasteiger partial charge in [0.05, 0.1) is 12.7 Å². The van der Waals surface area contributed by atoms with Gasteiger partial charge in [0.2, 0.25) is 5.88 Å². The lowest BCUT2D eigenvalue weighted by Gasteiger charge is -2.31. The summed E-state index contributed by atoms with van der Waals surface area (Å²) in [4.78, 5) is 14.9. The number of pyridine rings is 1. The molecule has 0 amide bonds. The van der Waals surface area contributed by atoms with Crippen molar-refractivity contribution in [2.75, 3.05) is 19.8 Å². The molecule has 0 radical (unpaired) electrons. The summed E-state index contributed by atoms with van der Waals surface area (Å²) in [6.45, 7) is 3.83. The van der Waals surface area contributed by atoms with E-state index in [9.17, 15) is 4.79 Å². The van der Waals surface area contributed by atoms with Gasteiger partial charge in [0.1, 0.15) is 6.61 Å². The van der Waals surface area contributed by atoms with Crippen LogP contribution in [0.3, 0.4) is 0 Å². The molecule has 1 aliphatic carbocycles. The predicted octanol–water partition coefficient (Wildman–Crippen LogP) is 1.70. The molecule has 6 nitrogen and oxygen atoms in total. The van der Waals surface area contributed by atoms with E-state index in [1.807, 2.05) is 6.07 Å². The Morgan fingerprint density at radius 3 is 2.80 bits per heavy atom. The Bertz CT molecular complexity index is 573. The number of aromatic nitrogens is 1. The normalized spacial score (nSPS) is 29.5. The number of aryl methyl sites for hydroxylation is 1. The fourth-order valence-corrected chi connectivity index (χ4v) is 4.00. The van der Waals surface area contributed by atoms with Crippen molar-refractivity contribution >= 4 is 6.29 Å². The second kappa shape index (κ2) is 8.74. The zero-order valence-corrected chi connectivity index (χ0v) is 14.9. The van der Waals surface area contributed by atoms with Crippen LogP contribution in [-0.4, -0.2) is 49.2 Å². The van der Waals surface area contributed by atoms with E-state index >= 15 is 0 Å². The van der Waals surface area contributed by atoms with E-state index in [2.05, 4.69) is 17.2 Å². The lowest BCUT2D eigenvalue weighted by molar-refractivity contribution is -0.109. The SMILES string of the molecule is Cc1ccnc(OCC=O)c1C1CCC(OCC2NCCC2N)CC1. The van der Waals surface area contributed by atoms with Crippen LogP contribution in [0.25, 0.3) is 0 Å². The Kier molecular flexibility index (Phi) is 6.39. The van der Waals surface area contributed by atoms with Gasteiger partial charge in [-0.25, -0.2) is 4.98 Å². The number of carbonyl (C=O) groups excluding carboxylic acids is 1. The molecule has 1 saturated heterocycles. The summed E-state index contributed by atoms with van der Waals surface area (Å²) in [5.41, 5.74) is 8.41. The number of nitrogens with two attached hydrogens (primary N) is 1. The summed E-state index contributed by atoms with van der Waals surface area (Å²) in [5.74, 6) is 1.03. The van der Waals surface area contributed by atoms with Crippen molar-refractivity contribution in [1.82, 2.24) is 10.3 Å². The predicted molar refractivity (Wildman–Crippen MR) is 95.9 cm³/mol. The quantitative estimate of drug-likeness (QED) is 0.730. The topological polar surface area (TPSA) is 86.5 Å². The molecule has 3 N–H and O–H groups in total. The molecule has 1 aromatic rings. The molecule has 6 heteroatoms. The van der Waals surface area contributed by atoms with Gasteiger partial charge in [-0.1, -0.05) is 0 Å². The minimum Gasteiger partial charge on any atom is -0.470 e. The second-order valence-electron chi connectivity index (χ2n) is 7.14. The van der Waals surface area contributed by atoms with Crippen molar-refractivity contribution in [2.45, 2.75) is 63.1 Å². The van der Waals surface area contributed by atoms with Gasteiger partial charge in [0, 0.05) is 23.8 Å². The number of nitrogens with zero attached hydrogens (tertiary/aromatic N) is 1. The van der Waals surface area contributed by atoms with E-state index in [4.69, 9.17) is 15.2 Å². The van der Waals surface area contributed by atoms with Gasteiger partial charge >= 0.3 is 0 Å². The van der Waals surface area contributed by atoms with Crippen molar-refractivity contribution in [3.05, 3.63) is 23.4 Å². The molecule has 1 saturated carbocycles. The first-order valence-corrected chi connectivity index (χ1v) is 9.31. The molecule has 2 heterocycles. The Morgan fingerprint density at radius 2 is 2.12 bits per heavy atom. The molecule has 2 unspecified atom stereocenters. The molecule has 0 bridgehead atoms. The average Bonchev–Trinajstić information content (AvgIpc) is 3.04. The van der Waals surface area contributed by atoms with Crippen LogP contribution in [0.2, 0.25) is 0 Å². The van der Waals surface area contributed by atoms with Gasteiger partial charge in [-0.05, 0) is 63.1 Å². The van der Waals surface area contributed by atoms with Gasteiger partial charge in [-0.3, -0.25) is 4.79 Å². The van der Waals surface area contributed by atoms with E-state index in [0.717, 1.165) is 50.5 Å². The summed E-state index contributed by atoms with van der Waals surface area (Å²) in [5, 5.41) is 3.41. The maximum atomic E-state index is 10.6. The van der Waals surface area contributed by atoms with Crippen LogP contribution in [-0.2, 0) is 9.53 Å². The third-order valence-electron chi connectivity index (χ3n) is 5.45. The van der Waals surface area contributed by atoms with E-state index in [1.165, 1.54) is 5.56 Å². The number of ether oxygens (including phenoxy) is 2. The Labute approximate surface area is 149 Å². The van der Waals surface area contributed by atoms with Crippen LogP contribution in [0.1, 0.15) is 49.1 Å². The van der Waals surface area contributed by atoms with Crippen LogP contribution in [0.4, 0.5) is 0 Å². The average molecular weight is 347 g/mol. The first-order chi connectivity index (χ1) is 12.2. The highest BCUT2D eigenvalue weighted by Gasteiger charge is 2.29. The van der Waals surface area contributed by atoms with Gasteiger partial charge in [-0.15, -0.1) is 0 Å². The lowest BCUT2D eigenvalue weighted by Crippen LogP contribution is -2.41.